The zero-order valence-corrected chi connectivity index (χ0v) is 12.7. The first kappa shape index (κ1) is 16.8. The van der Waals surface area contributed by atoms with E-state index in [0.29, 0.717) is 23.7 Å². The Kier molecular flexibility index (Phi) is 8.07. The third-order valence-corrected chi connectivity index (χ3v) is 3.47. The first-order valence-corrected chi connectivity index (χ1v) is 7.35. The van der Waals surface area contributed by atoms with Gasteiger partial charge in [-0.3, -0.25) is 4.79 Å². The summed E-state index contributed by atoms with van der Waals surface area (Å²) in [7, 11) is 1.59. The average molecular weight is 299 g/mol. The number of nitrogens with one attached hydrogen (secondary N) is 1. The molecule has 0 fully saturated rings. The predicted molar refractivity (Wildman–Crippen MR) is 82.0 cm³/mol. The molecule has 0 aliphatic rings. The van der Waals surface area contributed by atoms with Crippen LogP contribution in [-0.4, -0.2) is 19.6 Å². The van der Waals surface area contributed by atoms with Crippen LogP contribution in [0.4, 0.5) is 0 Å². The highest BCUT2D eigenvalue weighted by Crippen LogP contribution is 2.25. The lowest BCUT2D eigenvalue weighted by Crippen LogP contribution is -2.22. The van der Waals surface area contributed by atoms with E-state index in [9.17, 15) is 4.79 Å². The molecule has 0 spiro atoms. The zero-order valence-electron chi connectivity index (χ0n) is 12.0. The van der Waals surface area contributed by atoms with Crippen LogP contribution in [0.2, 0.25) is 5.02 Å². The Balaban J connectivity index is 2.34. The van der Waals surface area contributed by atoms with Crippen LogP contribution in [0.15, 0.2) is 18.2 Å². The Bertz CT molecular complexity index is 424. The van der Waals surface area contributed by atoms with Crippen LogP contribution in [0.5, 0.6) is 5.75 Å². The molecule has 20 heavy (non-hydrogen) atoms. The summed E-state index contributed by atoms with van der Waals surface area (Å²) in [6, 6.07) is 5.45. The summed E-state index contributed by atoms with van der Waals surface area (Å²) in [4.78, 5) is 11.7. The SMILES string of the molecule is COc1cccc(Cl)c1CNC(=O)CCCCCCN. The van der Waals surface area contributed by atoms with Gasteiger partial charge in [0.15, 0.2) is 0 Å². The van der Waals surface area contributed by atoms with Crippen molar-refractivity contribution in [3.63, 3.8) is 0 Å². The molecule has 5 heteroatoms. The van der Waals surface area contributed by atoms with Gasteiger partial charge in [-0.05, 0) is 31.5 Å². The van der Waals surface area contributed by atoms with E-state index in [2.05, 4.69) is 5.32 Å². The molecule has 0 unspecified atom stereocenters. The molecule has 1 aromatic rings. The number of carbonyl (C=O) groups is 1. The normalized spacial score (nSPS) is 10.3. The number of ether oxygens (including phenoxy) is 1. The summed E-state index contributed by atoms with van der Waals surface area (Å²) in [6.07, 6.45) is 4.59. The van der Waals surface area contributed by atoms with Crippen molar-refractivity contribution >= 4 is 17.5 Å². The van der Waals surface area contributed by atoms with Crippen molar-refractivity contribution in [1.29, 1.82) is 0 Å². The van der Waals surface area contributed by atoms with Gasteiger partial charge in [0.2, 0.25) is 5.91 Å². The highest BCUT2D eigenvalue weighted by molar-refractivity contribution is 6.31. The minimum absolute atomic E-state index is 0.0414. The minimum atomic E-state index is 0.0414. The lowest BCUT2D eigenvalue weighted by molar-refractivity contribution is -0.121. The lowest BCUT2D eigenvalue weighted by Gasteiger charge is -2.11. The first-order chi connectivity index (χ1) is 9.69. The molecule has 0 bridgehead atoms. The molecule has 1 amide bonds. The number of methoxy groups -OCH3 is 1. The molecular formula is C15H23ClN2O2. The topological polar surface area (TPSA) is 64.3 Å². The summed E-state index contributed by atoms with van der Waals surface area (Å²) in [5.41, 5.74) is 6.23. The van der Waals surface area contributed by atoms with Gasteiger partial charge in [0.1, 0.15) is 5.75 Å². The molecule has 0 saturated carbocycles. The van der Waals surface area contributed by atoms with Crippen LogP contribution in [-0.2, 0) is 11.3 Å². The number of amides is 1. The fourth-order valence-corrected chi connectivity index (χ4v) is 2.19. The van der Waals surface area contributed by atoms with E-state index in [1.54, 1.807) is 13.2 Å². The maximum atomic E-state index is 11.7. The van der Waals surface area contributed by atoms with Gasteiger partial charge in [-0.2, -0.15) is 0 Å². The number of halogens is 1. The molecule has 0 saturated heterocycles. The zero-order chi connectivity index (χ0) is 14.8. The quantitative estimate of drug-likeness (QED) is 0.689. The summed E-state index contributed by atoms with van der Waals surface area (Å²) < 4.78 is 5.24. The number of benzene rings is 1. The molecule has 0 aliphatic heterocycles. The van der Waals surface area contributed by atoms with Crippen LogP contribution in [0.25, 0.3) is 0 Å². The van der Waals surface area contributed by atoms with Crippen molar-refractivity contribution in [1.82, 2.24) is 5.32 Å². The van der Waals surface area contributed by atoms with Crippen LogP contribution in [0.3, 0.4) is 0 Å². The molecule has 1 rings (SSSR count). The Labute approximate surface area is 125 Å². The molecule has 3 N–H and O–H groups in total. The van der Waals surface area contributed by atoms with Crippen molar-refractivity contribution in [2.45, 2.75) is 38.6 Å². The van der Waals surface area contributed by atoms with Gasteiger partial charge in [-0.15, -0.1) is 0 Å². The van der Waals surface area contributed by atoms with Gasteiger partial charge in [-0.25, -0.2) is 0 Å². The molecule has 1 aromatic carbocycles. The Morgan fingerprint density at radius 1 is 1.30 bits per heavy atom. The Morgan fingerprint density at radius 3 is 2.75 bits per heavy atom. The minimum Gasteiger partial charge on any atom is -0.496 e. The smallest absolute Gasteiger partial charge is 0.220 e. The van der Waals surface area contributed by atoms with E-state index < -0.39 is 0 Å². The molecular weight excluding hydrogens is 276 g/mol. The van der Waals surface area contributed by atoms with Crippen LogP contribution < -0.4 is 15.8 Å². The standard InChI is InChI=1S/C15H23ClN2O2/c1-20-14-8-6-7-13(16)12(14)11-18-15(19)9-4-2-3-5-10-17/h6-8H,2-5,9-11,17H2,1H3,(H,18,19). The third-order valence-electron chi connectivity index (χ3n) is 3.12. The van der Waals surface area contributed by atoms with E-state index in [0.717, 1.165) is 37.8 Å². The molecule has 0 aliphatic carbocycles. The van der Waals surface area contributed by atoms with Crippen LogP contribution in [0, 0.1) is 0 Å². The molecule has 112 valence electrons. The molecule has 0 heterocycles. The van der Waals surface area contributed by atoms with Crippen molar-refractivity contribution < 1.29 is 9.53 Å². The van der Waals surface area contributed by atoms with Crippen LogP contribution in [0.1, 0.15) is 37.7 Å². The maximum Gasteiger partial charge on any atom is 0.220 e. The van der Waals surface area contributed by atoms with Gasteiger partial charge in [0, 0.05) is 23.6 Å². The van der Waals surface area contributed by atoms with E-state index in [-0.39, 0.29) is 5.91 Å². The maximum absolute atomic E-state index is 11.7. The first-order valence-electron chi connectivity index (χ1n) is 6.97. The predicted octanol–water partition coefficient (Wildman–Crippen LogP) is 2.87. The van der Waals surface area contributed by atoms with E-state index in [1.165, 1.54) is 0 Å². The highest BCUT2D eigenvalue weighted by atomic mass is 35.5. The molecule has 0 aromatic heterocycles. The average Bonchev–Trinajstić information content (AvgIpc) is 2.45. The molecule has 4 nitrogen and oxygen atoms in total. The monoisotopic (exact) mass is 298 g/mol. The van der Waals surface area contributed by atoms with E-state index in [4.69, 9.17) is 22.1 Å². The lowest BCUT2D eigenvalue weighted by atomic mass is 10.1. The summed E-state index contributed by atoms with van der Waals surface area (Å²) >= 11 is 6.11. The fourth-order valence-electron chi connectivity index (χ4n) is 1.96. The number of nitrogens with two attached hydrogens (primary N) is 1. The number of unbranched alkanes of at least 4 members (excludes halogenated alkanes) is 3. The Hall–Kier alpha value is -1.26. The summed E-state index contributed by atoms with van der Waals surface area (Å²) in [5.74, 6) is 0.737. The second kappa shape index (κ2) is 9.61. The third kappa shape index (κ3) is 5.80. The number of hydrogen-bond acceptors (Lipinski definition) is 3. The fraction of sp³-hybridized carbons (Fsp3) is 0.533. The Morgan fingerprint density at radius 2 is 2.05 bits per heavy atom. The summed E-state index contributed by atoms with van der Waals surface area (Å²) in [5, 5.41) is 3.48. The number of carbonyl (C=O) groups excluding carboxylic acids is 1. The van der Waals surface area contributed by atoms with E-state index in [1.807, 2.05) is 12.1 Å². The van der Waals surface area contributed by atoms with Crippen molar-refractivity contribution in [2.75, 3.05) is 13.7 Å². The van der Waals surface area contributed by atoms with Gasteiger partial charge in [0.25, 0.3) is 0 Å². The van der Waals surface area contributed by atoms with Crippen molar-refractivity contribution in [3.8, 4) is 5.75 Å². The van der Waals surface area contributed by atoms with Gasteiger partial charge in [-0.1, -0.05) is 30.5 Å². The van der Waals surface area contributed by atoms with E-state index >= 15 is 0 Å². The van der Waals surface area contributed by atoms with Crippen molar-refractivity contribution in [3.05, 3.63) is 28.8 Å². The number of rotatable bonds is 9. The van der Waals surface area contributed by atoms with Gasteiger partial charge in [0.05, 0.1) is 7.11 Å². The largest absolute Gasteiger partial charge is 0.496 e. The second-order valence-electron chi connectivity index (χ2n) is 4.65. The van der Waals surface area contributed by atoms with Gasteiger partial charge >= 0.3 is 0 Å². The van der Waals surface area contributed by atoms with Gasteiger partial charge < -0.3 is 15.8 Å². The highest BCUT2D eigenvalue weighted by Gasteiger charge is 2.09. The molecule has 0 atom stereocenters. The summed E-state index contributed by atoms with van der Waals surface area (Å²) in [6.45, 7) is 1.11. The van der Waals surface area contributed by atoms with Crippen LogP contribution >= 0.6 is 11.6 Å². The number of hydrogen-bond donors (Lipinski definition) is 2. The second-order valence-corrected chi connectivity index (χ2v) is 5.06. The molecule has 0 radical (unpaired) electrons. The van der Waals surface area contributed by atoms with Crippen molar-refractivity contribution in [2.24, 2.45) is 5.73 Å².